The first kappa shape index (κ1) is 27.6. The number of ether oxygens (including phenoxy) is 4. The van der Waals surface area contributed by atoms with Crippen LogP contribution in [0, 0.1) is 0 Å². The fourth-order valence-electron chi connectivity index (χ4n) is 5.33. The lowest BCUT2D eigenvalue weighted by atomic mass is 10.0. The third-order valence-corrected chi connectivity index (χ3v) is 7.57. The molecule has 2 saturated heterocycles. The van der Waals surface area contributed by atoms with Crippen LogP contribution in [0.3, 0.4) is 0 Å². The van der Waals surface area contributed by atoms with Crippen LogP contribution < -0.4 is 10.1 Å². The number of carbonyl (C=O) groups excluding carboxylic acids is 1. The number of nitrogens with zero attached hydrogens (tertiary/aromatic N) is 1. The second-order valence-corrected chi connectivity index (χ2v) is 10.5. The SMILES string of the molecule is COc1cccc(C(=O)NC2CCN(Cc3ccc4ccc(COCCOC5CCCCO5)cc4c3)CC2)c1. The van der Waals surface area contributed by atoms with Gasteiger partial charge in [-0.05, 0) is 84.3 Å². The van der Waals surface area contributed by atoms with E-state index in [4.69, 9.17) is 18.9 Å². The van der Waals surface area contributed by atoms with Gasteiger partial charge in [-0.1, -0.05) is 30.3 Å². The number of piperidine rings is 1. The molecule has 1 N–H and O–H groups in total. The molecule has 208 valence electrons. The van der Waals surface area contributed by atoms with Crippen LogP contribution in [0.25, 0.3) is 10.8 Å². The Hall–Kier alpha value is -2.97. The monoisotopic (exact) mass is 532 g/mol. The predicted molar refractivity (Wildman–Crippen MR) is 152 cm³/mol. The first-order valence-electron chi connectivity index (χ1n) is 14.2. The number of hydrogen-bond donors (Lipinski definition) is 1. The quantitative estimate of drug-likeness (QED) is 0.338. The number of amides is 1. The van der Waals surface area contributed by atoms with Gasteiger partial charge in [0.05, 0.1) is 26.9 Å². The van der Waals surface area contributed by atoms with Crippen molar-refractivity contribution in [3.63, 3.8) is 0 Å². The summed E-state index contributed by atoms with van der Waals surface area (Å²) in [6, 6.07) is 20.7. The van der Waals surface area contributed by atoms with Crippen molar-refractivity contribution in [2.75, 3.05) is 40.0 Å². The van der Waals surface area contributed by atoms with E-state index in [0.717, 1.165) is 51.9 Å². The minimum Gasteiger partial charge on any atom is -0.497 e. The van der Waals surface area contributed by atoms with E-state index in [1.807, 2.05) is 18.2 Å². The second-order valence-electron chi connectivity index (χ2n) is 10.5. The van der Waals surface area contributed by atoms with Crippen LogP contribution >= 0.6 is 0 Å². The third-order valence-electron chi connectivity index (χ3n) is 7.57. The number of carbonyl (C=O) groups is 1. The van der Waals surface area contributed by atoms with Gasteiger partial charge in [0.2, 0.25) is 0 Å². The van der Waals surface area contributed by atoms with E-state index in [0.29, 0.717) is 31.1 Å². The summed E-state index contributed by atoms with van der Waals surface area (Å²) >= 11 is 0. The summed E-state index contributed by atoms with van der Waals surface area (Å²) in [7, 11) is 1.61. The Labute approximate surface area is 231 Å². The molecule has 1 atom stereocenters. The molecule has 39 heavy (non-hydrogen) atoms. The van der Waals surface area contributed by atoms with Gasteiger partial charge >= 0.3 is 0 Å². The lowest BCUT2D eigenvalue weighted by Gasteiger charge is -2.32. The van der Waals surface area contributed by atoms with Gasteiger partial charge in [0.25, 0.3) is 5.91 Å². The zero-order valence-electron chi connectivity index (χ0n) is 22.9. The molecule has 1 amide bonds. The number of nitrogens with one attached hydrogen (secondary N) is 1. The molecule has 3 aromatic rings. The van der Waals surface area contributed by atoms with E-state index < -0.39 is 0 Å². The molecular weight excluding hydrogens is 492 g/mol. The Morgan fingerprint density at radius 2 is 1.77 bits per heavy atom. The van der Waals surface area contributed by atoms with Crippen LogP contribution in [0.5, 0.6) is 5.75 Å². The maximum Gasteiger partial charge on any atom is 0.251 e. The van der Waals surface area contributed by atoms with Gasteiger partial charge in [-0.15, -0.1) is 0 Å². The van der Waals surface area contributed by atoms with Crippen molar-refractivity contribution in [3.8, 4) is 5.75 Å². The first-order valence-corrected chi connectivity index (χ1v) is 14.2. The molecule has 3 aromatic carbocycles. The second kappa shape index (κ2) is 13.9. The molecule has 7 heteroatoms. The molecule has 0 aromatic heterocycles. The third kappa shape index (κ3) is 8.02. The number of methoxy groups -OCH3 is 1. The van der Waals surface area contributed by atoms with Crippen LogP contribution in [0.4, 0.5) is 0 Å². The molecule has 1 unspecified atom stereocenters. The average Bonchev–Trinajstić information content (AvgIpc) is 2.98. The highest BCUT2D eigenvalue weighted by Crippen LogP contribution is 2.22. The topological polar surface area (TPSA) is 69.3 Å². The molecule has 0 bridgehead atoms. The van der Waals surface area contributed by atoms with Gasteiger partial charge in [-0.2, -0.15) is 0 Å². The van der Waals surface area contributed by atoms with Crippen molar-refractivity contribution >= 4 is 16.7 Å². The Morgan fingerprint density at radius 1 is 0.949 bits per heavy atom. The maximum absolute atomic E-state index is 12.7. The van der Waals surface area contributed by atoms with Crippen molar-refractivity contribution in [3.05, 3.63) is 77.4 Å². The fraction of sp³-hybridized carbons (Fsp3) is 0.469. The Morgan fingerprint density at radius 3 is 2.56 bits per heavy atom. The number of benzene rings is 3. The number of rotatable bonds is 11. The van der Waals surface area contributed by atoms with Gasteiger partial charge in [0.15, 0.2) is 6.29 Å². The van der Waals surface area contributed by atoms with E-state index in [2.05, 4.69) is 46.6 Å². The molecule has 0 aliphatic carbocycles. The predicted octanol–water partition coefficient (Wildman–Crippen LogP) is 5.30. The number of hydrogen-bond acceptors (Lipinski definition) is 6. The lowest BCUT2D eigenvalue weighted by Crippen LogP contribution is -2.44. The van der Waals surface area contributed by atoms with Crippen LogP contribution in [-0.2, 0) is 27.4 Å². The van der Waals surface area contributed by atoms with Crippen LogP contribution in [0.1, 0.15) is 53.6 Å². The van der Waals surface area contributed by atoms with E-state index in [1.54, 1.807) is 13.2 Å². The van der Waals surface area contributed by atoms with Crippen molar-refractivity contribution in [2.24, 2.45) is 0 Å². The normalized spacial score (nSPS) is 18.7. The number of fused-ring (bicyclic) bond motifs is 1. The molecule has 2 heterocycles. The van der Waals surface area contributed by atoms with E-state index >= 15 is 0 Å². The summed E-state index contributed by atoms with van der Waals surface area (Å²) in [6.07, 6.45) is 5.11. The van der Waals surface area contributed by atoms with E-state index in [9.17, 15) is 4.79 Å². The molecule has 2 aliphatic rings. The van der Waals surface area contributed by atoms with Gasteiger partial charge in [0, 0.05) is 37.8 Å². The summed E-state index contributed by atoms with van der Waals surface area (Å²) in [4.78, 5) is 15.1. The zero-order chi connectivity index (χ0) is 26.9. The van der Waals surface area contributed by atoms with E-state index in [1.165, 1.54) is 28.3 Å². The summed E-state index contributed by atoms with van der Waals surface area (Å²) < 4.78 is 22.5. The van der Waals surface area contributed by atoms with Crippen molar-refractivity contribution in [1.82, 2.24) is 10.2 Å². The summed E-state index contributed by atoms with van der Waals surface area (Å²) in [6.45, 7) is 5.33. The standard InChI is InChI=1S/C32H40N2O5/c1-36-30-6-4-5-27(21-30)32(35)33-29-12-14-34(15-13-29)22-24-8-10-26-11-9-25(20-28(26)19-24)23-37-17-18-39-31-7-2-3-16-38-31/h4-6,8-11,19-21,29,31H,2-3,7,12-18,22-23H2,1H3,(H,33,35). The average molecular weight is 533 g/mol. The summed E-state index contributed by atoms with van der Waals surface area (Å²) in [5, 5.41) is 5.67. The molecule has 0 saturated carbocycles. The summed E-state index contributed by atoms with van der Waals surface area (Å²) in [5.74, 6) is 0.662. The van der Waals surface area contributed by atoms with Crippen molar-refractivity contribution in [2.45, 2.75) is 57.6 Å². The highest BCUT2D eigenvalue weighted by Gasteiger charge is 2.21. The molecule has 7 nitrogen and oxygen atoms in total. The lowest BCUT2D eigenvalue weighted by molar-refractivity contribution is -0.169. The van der Waals surface area contributed by atoms with Crippen molar-refractivity contribution in [1.29, 1.82) is 0 Å². The van der Waals surface area contributed by atoms with Crippen LogP contribution in [0.15, 0.2) is 60.7 Å². The Balaban J connectivity index is 1.06. The van der Waals surface area contributed by atoms with Gasteiger partial charge in [-0.3, -0.25) is 9.69 Å². The highest BCUT2D eigenvalue weighted by atomic mass is 16.7. The minimum absolute atomic E-state index is 0.0348. The van der Waals surface area contributed by atoms with Gasteiger partial charge in [0.1, 0.15) is 5.75 Å². The Kier molecular flexibility index (Phi) is 9.83. The summed E-state index contributed by atoms with van der Waals surface area (Å²) in [5.41, 5.74) is 3.11. The molecule has 5 rings (SSSR count). The number of likely N-dealkylation sites (tertiary alicyclic amines) is 1. The maximum atomic E-state index is 12.7. The fourth-order valence-corrected chi connectivity index (χ4v) is 5.33. The van der Waals surface area contributed by atoms with Crippen LogP contribution in [0.2, 0.25) is 0 Å². The van der Waals surface area contributed by atoms with Gasteiger partial charge < -0.3 is 24.3 Å². The molecule has 2 fully saturated rings. The van der Waals surface area contributed by atoms with Crippen molar-refractivity contribution < 1.29 is 23.7 Å². The Bertz CT molecular complexity index is 1220. The van der Waals surface area contributed by atoms with Crippen LogP contribution in [-0.4, -0.2) is 63.2 Å². The largest absolute Gasteiger partial charge is 0.497 e. The smallest absolute Gasteiger partial charge is 0.251 e. The van der Waals surface area contributed by atoms with E-state index in [-0.39, 0.29) is 18.2 Å². The molecular formula is C32H40N2O5. The molecule has 2 aliphatic heterocycles. The molecule has 0 spiro atoms. The zero-order valence-corrected chi connectivity index (χ0v) is 22.9. The highest BCUT2D eigenvalue weighted by molar-refractivity contribution is 5.94. The van der Waals surface area contributed by atoms with Gasteiger partial charge in [-0.25, -0.2) is 0 Å². The molecule has 0 radical (unpaired) electrons. The first-order chi connectivity index (χ1) is 19.2. The minimum atomic E-state index is -0.0649.